The molecule has 0 aliphatic carbocycles. The van der Waals surface area contributed by atoms with Gasteiger partial charge in [-0.1, -0.05) is 12.1 Å². The second-order valence-corrected chi connectivity index (χ2v) is 5.49. The molecule has 134 valence electrons. The van der Waals surface area contributed by atoms with Gasteiger partial charge in [0.15, 0.2) is 18.2 Å². The lowest BCUT2D eigenvalue weighted by Crippen LogP contribution is -2.86. The molecule has 3 nitrogen and oxygen atoms in total. The monoisotopic (exact) mass is 359 g/mol. The molecule has 0 heterocycles. The van der Waals surface area contributed by atoms with Crippen molar-refractivity contribution < 1.29 is 32.1 Å². The van der Waals surface area contributed by atoms with E-state index in [-0.39, 0.29) is 18.3 Å². The maximum Gasteiger partial charge on any atom is 0.418 e. The van der Waals surface area contributed by atoms with E-state index in [4.69, 9.17) is 0 Å². The number of anilines is 1. The zero-order chi connectivity index (χ0) is 18.6. The lowest BCUT2D eigenvalue weighted by atomic mass is 10.1. The molecule has 0 saturated heterocycles. The maximum absolute atomic E-state index is 13.2. The molecule has 2 aromatic rings. The van der Waals surface area contributed by atoms with Crippen molar-refractivity contribution >= 4 is 11.6 Å². The van der Waals surface area contributed by atoms with Crippen LogP contribution in [0.4, 0.5) is 27.6 Å². The van der Waals surface area contributed by atoms with Gasteiger partial charge >= 0.3 is 6.18 Å². The SMILES string of the molecule is C[C@@H]([NH2+]CC(=O)Nc1ccccc1C(F)(F)F)c1ccc(F)c(F)c1. The molecule has 2 rings (SSSR count). The van der Waals surface area contributed by atoms with Gasteiger partial charge in [-0.15, -0.1) is 0 Å². The minimum atomic E-state index is -4.58. The highest BCUT2D eigenvalue weighted by molar-refractivity contribution is 5.92. The van der Waals surface area contributed by atoms with E-state index in [1.807, 2.05) is 0 Å². The van der Waals surface area contributed by atoms with E-state index in [1.165, 1.54) is 29.6 Å². The Kier molecular flexibility index (Phi) is 5.73. The van der Waals surface area contributed by atoms with Crippen LogP contribution >= 0.6 is 0 Å². The van der Waals surface area contributed by atoms with Crippen LogP contribution in [0.2, 0.25) is 0 Å². The Balaban J connectivity index is 1.98. The van der Waals surface area contributed by atoms with E-state index in [9.17, 15) is 26.7 Å². The lowest BCUT2D eigenvalue weighted by molar-refractivity contribution is -0.682. The minimum absolute atomic E-state index is 0.174. The summed E-state index contributed by atoms with van der Waals surface area (Å²) in [7, 11) is 0. The van der Waals surface area contributed by atoms with Gasteiger partial charge in [0.25, 0.3) is 5.91 Å². The number of alkyl halides is 3. The fourth-order valence-corrected chi connectivity index (χ4v) is 2.26. The summed E-state index contributed by atoms with van der Waals surface area (Å²) in [6.07, 6.45) is -4.58. The summed E-state index contributed by atoms with van der Waals surface area (Å²) in [4.78, 5) is 11.9. The predicted molar refractivity (Wildman–Crippen MR) is 81.6 cm³/mol. The van der Waals surface area contributed by atoms with Crippen molar-refractivity contribution in [2.24, 2.45) is 0 Å². The third kappa shape index (κ3) is 4.99. The molecule has 0 saturated carbocycles. The number of amides is 1. The molecule has 0 aliphatic rings. The lowest BCUT2D eigenvalue weighted by Gasteiger charge is -2.14. The van der Waals surface area contributed by atoms with Gasteiger partial charge in [0.05, 0.1) is 11.3 Å². The Morgan fingerprint density at radius 2 is 1.80 bits per heavy atom. The normalized spacial score (nSPS) is 12.7. The van der Waals surface area contributed by atoms with Crippen LogP contribution in [-0.2, 0) is 11.0 Å². The molecule has 3 N–H and O–H groups in total. The van der Waals surface area contributed by atoms with E-state index < -0.39 is 29.3 Å². The van der Waals surface area contributed by atoms with Gasteiger partial charge in [-0.25, -0.2) is 8.78 Å². The first-order valence-corrected chi connectivity index (χ1v) is 7.43. The van der Waals surface area contributed by atoms with E-state index in [0.29, 0.717) is 5.56 Å². The van der Waals surface area contributed by atoms with Crippen molar-refractivity contribution in [2.45, 2.75) is 19.1 Å². The van der Waals surface area contributed by atoms with E-state index in [0.717, 1.165) is 18.2 Å². The number of carbonyl (C=O) groups excluding carboxylic acids is 1. The van der Waals surface area contributed by atoms with Gasteiger partial charge in [0, 0.05) is 5.56 Å². The number of rotatable bonds is 5. The molecular formula is C17H16F5N2O+. The Hall–Kier alpha value is -2.48. The smallest absolute Gasteiger partial charge is 0.333 e. The average Bonchev–Trinajstić information content (AvgIpc) is 2.54. The number of nitrogens with two attached hydrogens (primary N) is 1. The Bertz CT molecular complexity index is 761. The summed E-state index contributed by atoms with van der Waals surface area (Å²) in [5.74, 6) is -2.61. The van der Waals surface area contributed by atoms with E-state index >= 15 is 0 Å². The number of para-hydroxylation sites is 1. The van der Waals surface area contributed by atoms with Crippen molar-refractivity contribution in [2.75, 3.05) is 11.9 Å². The van der Waals surface area contributed by atoms with Gasteiger partial charge in [-0.3, -0.25) is 4.79 Å². The maximum atomic E-state index is 13.2. The summed E-state index contributed by atoms with van der Waals surface area (Å²) >= 11 is 0. The number of carbonyl (C=O) groups is 1. The second-order valence-electron chi connectivity index (χ2n) is 5.49. The standard InChI is InChI=1S/C17H15F5N2O/c1-10(11-6-7-13(18)14(19)8-11)23-9-16(25)24-15-5-3-2-4-12(15)17(20,21)22/h2-8,10,23H,9H2,1H3,(H,24,25)/p+1/t10-/m1/s1. The van der Waals surface area contributed by atoms with Crippen molar-refractivity contribution in [1.29, 1.82) is 0 Å². The first-order valence-electron chi connectivity index (χ1n) is 7.43. The highest BCUT2D eigenvalue weighted by Crippen LogP contribution is 2.34. The van der Waals surface area contributed by atoms with Crippen molar-refractivity contribution in [3.8, 4) is 0 Å². The predicted octanol–water partition coefficient (Wildman–Crippen LogP) is 3.25. The van der Waals surface area contributed by atoms with Gasteiger partial charge < -0.3 is 10.6 Å². The van der Waals surface area contributed by atoms with Crippen molar-refractivity contribution in [1.82, 2.24) is 0 Å². The summed E-state index contributed by atoms with van der Waals surface area (Å²) in [5.41, 5.74) is -0.798. The molecule has 25 heavy (non-hydrogen) atoms. The number of halogens is 5. The molecule has 0 aliphatic heterocycles. The molecule has 0 radical (unpaired) electrons. The van der Waals surface area contributed by atoms with Gasteiger partial charge in [-0.05, 0) is 37.3 Å². The third-order valence-electron chi connectivity index (χ3n) is 3.63. The van der Waals surface area contributed by atoms with Crippen LogP contribution in [0.5, 0.6) is 0 Å². The van der Waals surface area contributed by atoms with Crippen LogP contribution in [0.3, 0.4) is 0 Å². The number of nitrogens with one attached hydrogen (secondary N) is 1. The fourth-order valence-electron chi connectivity index (χ4n) is 2.26. The molecule has 0 unspecified atom stereocenters. The number of hydrogen-bond acceptors (Lipinski definition) is 1. The minimum Gasteiger partial charge on any atom is -0.333 e. The molecular weight excluding hydrogens is 343 g/mol. The van der Waals surface area contributed by atoms with E-state index in [2.05, 4.69) is 5.32 Å². The zero-order valence-electron chi connectivity index (χ0n) is 13.2. The van der Waals surface area contributed by atoms with Gasteiger partial charge in [0.2, 0.25) is 0 Å². The van der Waals surface area contributed by atoms with Crippen LogP contribution in [-0.4, -0.2) is 12.5 Å². The second kappa shape index (κ2) is 7.60. The molecule has 0 fully saturated rings. The highest BCUT2D eigenvalue weighted by atomic mass is 19.4. The average molecular weight is 359 g/mol. The third-order valence-corrected chi connectivity index (χ3v) is 3.63. The van der Waals surface area contributed by atoms with Crippen LogP contribution < -0.4 is 10.6 Å². The molecule has 1 atom stereocenters. The van der Waals surface area contributed by atoms with Crippen LogP contribution in [0, 0.1) is 11.6 Å². The summed E-state index contributed by atoms with van der Waals surface area (Å²) in [5, 5.41) is 3.73. The number of quaternary nitrogens is 1. The van der Waals surface area contributed by atoms with Crippen LogP contribution in [0.25, 0.3) is 0 Å². The highest BCUT2D eigenvalue weighted by Gasteiger charge is 2.33. The summed E-state index contributed by atoms with van der Waals surface area (Å²) in [6, 6.07) is 7.67. The first kappa shape index (κ1) is 18.9. The largest absolute Gasteiger partial charge is 0.418 e. The molecule has 0 aromatic heterocycles. The molecule has 8 heteroatoms. The first-order chi connectivity index (χ1) is 11.7. The van der Waals surface area contributed by atoms with Gasteiger partial charge in [0.1, 0.15) is 6.04 Å². The van der Waals surface area contributed by atoms with E-state index in [1.54, 1.807) is 6.92 Å². The molecule has 2 aromatic carbocycles. The quantitative estimate of drug-likeness (QED) is 0.791. The van der Waals surface area contributed by atoms with Gasteiger partial charge in [-0.2, -0.15) is 13.2 Å². The molecule has 0 spiro atoms. The fraction of sp³-hybridized carbons (Fsp3) is 0.235. The molecule has 0 bridgehead atoms. The summed E-state index contributed by atoms with van der Waals surface area (Å²) < 4.78 is 64.8. The Morgan fingerprint density at radius 1 is 1.12 bits per heavy atom. The Morgan fingerprint density at radius 3 is 2.44 bits per heavy atom. The topological polar surface area (TPSA) is 45.7 Å². The molecule has 1 amide bonds. The Labute approximate surface area is 140 Å². The van der Waals surface area contributed by atoms with Crippen LogP contribution in [0.15, 0.2) is 42.5 Å². The van der Waals surface area contributed by atoms with Crippen LogP contribution in [0.1, 0.15) is 24.1 Å². The summed E-state index contributed by atoms with van der Waals surface area (Å²) in [6.45, 7) is 1.50. The zero-order valence-corrected chi connectivity index (χ0v) is 13.2. The number of benzene rings is 2. The number of hydrogen-bond donors (Lipinski definition) is 2. The van der Waals surface area contributed by atoms with Crippen molar-refractivity contribution in [3.63, 3.8) is 0 Å². The van der Waals surface area contributed by atoms with Crippen molar-refractivity contribution in [3.05, 3.63) is 65.2 Å².